The Morgan fingerprint density at radius 2 is 1.67 bits per heavy atom. The van der Waals surface area contributed by atoms with Gasteiger partial charge in [0.05, 0.1) is 23.5 Å². The van der Waals surface area contributed by atoms with Crippen molar-refractivity contribution in [3.05, 3.63) is 59.9 Å². The number of halogens is 1. The van der Waals surface area contributed by atoms with Gasteiger partial charge in [0.15, 0.2) is 0 Å². The Morgan fingerprint density at radius 3 is 2.38 bits per heavy atom. The van der Waals surface area contributed by atoms with Crippen LogP contribution < -0.4 is 16.0 Å². The van der Waals surface area contributed by atoms with Gasteiger partial charge >= 0.3 is 0 Å². The molecule has 0 bridgehead atoms. The molecule has 2 aromatic carbocycles. The summed E-state index contributed by atoms with van der Waals surface area (Å²) in [6.07, 6.45) is 1.99. The first-order valence-corrected chi connectivity index (χ1v) is 7.81. The minimum Gasteiger partial charge on any atom is -0.374 e. The van der Waals surface area contributed by atoms with E-state index in [2.05, 4.69) is 16.0 Å². The fourth-order valence-electron chi connectivity index (χ4n) is 2.26. The Morgan fingerprint density at radius 1 is 1.00 bits per heavy atom. The molecule has 2 amide bonds. The summed E-state index contributed by atoms with van der Waals surface area (Å²) in [5.74, 6) is -0.977. The third-order valence-electron chi connectivity index (χ3n) is 3.67. The minimum absolute atomic E-state index is 0.0977. The van der Waals surface area contributed by atoms with Gasteiger partial charge in [-0.3, -0.25) is 9.59 Å². The minimum atomic E-state index is -0.422. The zero-order valence-corrected chi connectivity index (χ0v) is 13.0. The predicted molar refractivity (Wildman–Crippen MR) is 90.4 cm³/mol. The van der Waals surface area contributed by atoms with Crippen molar-refractivity contribution in [1.29, 1.82) is 0 Å². The van der Waals surface area contributed by atoms with Gasteiger partial charge in [0.1, 0.15) is 5.82 Å². The normalized spacial score (nSPS) is 13.2. The molecule has 5 nitrogen and oxygen atoms in total. The molecule has 1 fully saturated rings. The number of carbonyl (C=O) groups is 2. The molecular weight excluding hydrogens is 309 g/mol. The van der Waals surface area contributed by atoms with Gasteiger partial charge in [-0.2, -0.15) is 0 Å². The molecule has 1 aliphatic rings. The van der Waals surface area contributed by atoms with E-state index >= 15 is 0 Å². The van der Waals surface area contributed by atoms with E-state index in [4.69, 9.17) is 0 Å². The summed E-state index contributed by atoms with van der Waals surface area (Å²) in [4.78, 5) is 24.3. The van der Waals surface area contributed by atoms with Crippen molar-refractivity contribution >= 4 is 23.2 Å². The monoisotopic (exact) mass is 327 g/mol. The highest BCUT2D eigenvalue weighted by atomic mass is 19.1. The van der Waals surface area contributed by atoms with E-state index in [-0.39, 0.29) is 30.1 Å². The second-order valence-corrected chi connectivity index (χ2v) is 5.67. The van der Waals surface area contributed by atoms with Crippen LogP contribution in [0.15, 0.2) is 48.5 Å². The van der Waals surface area contributed by atoms with E-state index < -0.39 is 5.82 Å². The number of hydrogen-bond donors (Lipinski definition) is 3. The fraction of sp³-hybridized carbons (Fsp3) is 0.222. The molecule has 0 atom stereocenters. The quantitative estimate of drug-likeness (QED) is 0.764. The lowest BCUT2D eigenvalue weighted by atomic mass is 10.1. The molecule has 0 heterocycles. The van der Waals surface area contributed by atoms with Crippen LogP contribution in [0.1, 0.15) is 23.2 Å². The van der Waals surface area contributed by atoms with E-state index in [1.807, 2.05) is 0 Å². The van der Waals surface area contributed by atoms with Crippen LogP contribution in [-0.2, 0) is 4.79 Å². The van der Waals surface area contributed by atoms with Crippen LogP contribution in [0.5, 0.6) is 0 Å². The lowest BCUT2D eigenvalue weighted by molar-refractivity contribution is -0.114. The fourth-order valence-corrected chi connectivity index (χ4v) is 2.26. The maximum absolute atomic E-state index is 13.5. The number of amides is 2. The number of benzene rings is 2. The second-order valence-electron chi connectivity index (χ2n) is 5.67. The molecule has 3 rings (SSSR count). The number of nitrogens with one attached hydrogen (secondary N) is 3. The second kappa shape index (κ2) is 7.12. The number of rotatable bonds is 6. The molecule has 0 radical (unpaired) electrons. The average molecular weight is 327 g/mol. The maximum atomic E-state index is 13.5. The largest absolute Gasteiger partial charge is 0.374 e. The van der Waals surface area contributed by atoms with Crippen molar-refractivity contribution in [3.63, 3.8) is 0 Å². The summed E-state index contributed by atoms with van der Waals surface area (Å²) >= 11 is 0. The Balaban J connectivity index is 1.61. The lowest BCUT2D eigenvalue weighted by Gasteiger charge is -2.12. The van der Waals surface area contributed by atoms with E-state index in [1.54, 1.807) is 42.5 Å². The summed E-state index contributed by atoms with van der Waals surface area (Å²) in [6.45, 7) is -0.0977. The molecule has 124 valence electrons. The summed E-state index contributed by atoms with van der Waals surface area (Å²) < 4.78 is 13.5. The van der Waals surface area contributed by atoms with Gasteiger partial charge in [-0.25, -0.2) is 4.39 Å². The average Bonchev–Trinajstić information content (AvgIpc) is 3.38. The van der Waals surface area contributed by atoms with Crippen molar-refractivity contribution in [2.24, 2.45) is 0 Å². The smallest absolute Gasteiger partial charge is 0.253 e. The van der Waals surface area contributed by atoms with Crippen molar-refractivity contribution in [3.8, 4) is 0 Å². The van der Waals surface area contributed by atoms with E-state index in [9.17, 15) is 14.0 Å². The van der Waals surface area contributed by atoms with E-state index in [0.717, 1.165) is 12.8 Å². The number of hydrogen-bond acceptors (Lipinski definition) is 3. The molecule has 1 saturated carbocycles. The number of carbonyl (C=O) groups excluding carboxylic acids is 2. The van der Waals surface area contributed by atoms with Crippen LogP contribution in [0.3, 0.4) is 0 Å². The highest BCUT2D eigenvalue weighted by molar-refractivity contribution is 6.04. The van der Waals surface area contributed by atoms with Crippen molar-refractivity contribution in [1.82, 2.24) is 5.32 Å². The summed E-state index contributed by atoms with van der Waals surface area (Å²) in [6, 6.07) is 13.2. The Kier molecular flexibility index (Phi) is 4.74. The first kappa shape index (κ1) is 16.0. The lowest BCUT2D eigenvalue weighted by Crippen LogP contribution is -2.28. The third kappa shape index (κ3) is 4.10. The maximum Gasteiger partial charge on any atom is 0.253 e. The Bertz CT molecular complexity index is 759. The van der Waals surface area contributed by atoms with Gasteiger partial charge in [-0.1, -0.05) is 24.3 Å². The predicted octanol–water partition coefficient (Wildman–Crippen LogP) is 2.77. The van der Waals surface area contributed by atoms with Crippen LogP contribution in [0.2, 0.25) is 0 Å². The van der Waals surface area contributed by atoms with Crippen LogP contribution >= 0.6 is 0 Å². The molecule has 1 aliphatic carbocycles. The molecule has 0 saturated heterocycles. The SMILES string of the molecule is O=C(CNc1ccccc1F)Nc1ccccc1C(=O)NC1CC1. The Labute approximate surface area is 139 Å². The molecule has 24 heavy (non-hydrogen) atoms. The molecule has 2 aromatic rings. The number of para-hydroxylation sites is 2. The molecule has 6 heteroatoms. The van der Waals surface area contributed by atoms with Crippen LogP contribution in [-0.4, -0.2) is 24.4 Å². The highest BCUT2D eigenvalue weighted by Gasteiger charge is 2.24. The van der Waals surface area contributed by atoms with Crippen LogP contribution in [0, 0.1) is 5.82 Å². The van der Waals surface area contributed by atoms with Gasteiger partial charge in [-0.05, 0) is 37.1 Å². The Hall–Kier alpha value is -2.89. The zero-order chi connectivity index (χ0) is 16.9. The van der Waals surface area contributed by atoms with Crippen molar-refractivity contribution in [2.45, 2.75) is 18.9 Å². The first-order chi connectivity index (χ1) is 11.6. The van der Waals surface area contributed by atoms with Gasteiger partial charge in [0.25, 0.3) is 5.91 Å². The zero-order valence-electron chi connectivity index (χ0n) is 13.0. The molecule has 0 aliphatic heterocycles. The van der Waals surface area contributed by atoms with Gasteiger partial charge in [-0.15, -0.1) is 0 Å². The molecule has 0 spiro atoms. The molecule has 0 unspecified atom stereocenters. The van der Waals surface area contributed by atoms with E-state index in [0.29, 0.717) is 11.3 Å². The van der Waals surface area contributed by atoms with Crippen molar-refractivity contribution in [2.75, 3.05) is 17.2 Å². The highest BCUT2D eigenvalue weighted by Crippen LogP contribution is 2.21. The first-order valence-electron chi connectivity index (χ1n) is 7.81. The van der Waals surface area contributed by atoms with Gasteiger partial charge in [0, 0.05) is 6.04 Å². The summed E-state index contributed by atoms with van der Waals surface area (Å²) in [5.41, 5.74) is 1.12. The third-order valence-corrected chi connectivity index (χ3v) is 3.67. The molecule has 3 N–H and O–H groups in total. The summed E-state index contributed by atoms with van der Waals surface area (Å²) in [5, 5.41) is 8.32. The molecule has 0 aromatic heterocycles. The van der Waals surface area contributed by atoms with Crippen LogP contribution in [0.4, 0.5) is 15.8 Å². The van der Waals surface area contributed by atoms with E-state index in [1.165, 1.54) is 6.07 Å². The molecular formula is C18H18FN3O2. The summed E-state index contributed by atoms with van der Waals surface area (Å²) in [7, 11) is 0. The van der Waals surface area contributed by atoms with Crippen LogP contribution in [0.25, 0.3) is 0 Å². The number of anilines is 2. The topological polar surface area (TPSA) is 70.2 Å². The van der Waals surface area contributed by atoms with Crippen molar-refractivity contribution < 1.29 is 14.0 Å². The van der Waals surface area contributed by atoms with Gasteiger partial charge in [0.2, 0.25) is 5.91 Å². The van der Waals surface area contributed by atoms with Gasteiger partial charge < -0.3 is 16.0 Å². The standard InChI is InChI=1S/C18H18FN3O2/c19-14-6-2-4-8-16(14)20-11-17(23)22-15-7-3-1-5-13(15)18(24)21-12-9-10-12/h1-8,12,20H,9-11H2,(H,21,24)(H,22,23).